The minimum absolute atomic E-state index is 0.266. The van der Waals surface area contributed by atoms with Crippen LogP contribution >= 0.6 is 0 Å². The van der Waals surface area contributed by atoms with E-state index in [1.165, 1.54) is 53.2 Å². The highest BCUT2D eigenvalue weighted by molar-refractivity contribution is 5.96. The molecule has 3 aromatic rings. The molecule has 0 atom stereocenters. The Bertz CT molecular complexity index is 952. The molecule has 0 fully saturated rings. The Labute approximate surface area is 148 Å². The Morgan fingerprint density at radius 3 is 2.72 bits per heavy atom. The van der Waals surface area contributed by atoms with E-state index in [0.29, 0.717) is 5.56 Å². The quantitative estimate of drug-likeness (QED) is 0.653. The van der Waals surface area contributed by atoms with Gasteiger partial charge in [0.05, 0.1) is 12.7 Å². The smallest absolute Gasteiger partial charge is 0.337 e. The van der Waals surface area contributed by atoms with Gasteiger partial charge in [-0.25, -0.2) is 4.79 Å². The van der Waals surface area contributed by atoms with Crippen molar-refractivity contribution in [1.82, 2.24) is 4.57 Å². The lowest BCUT2D eigenvalue weighted by Crippen LogP contribution is -2.09. The predicted molar refractivity (Wildman–Crippen MR) is 100 cm³/mol. The number of aryl methyl sites for hydroxylation is 2. The molecule has 25 heavy (non-hydrogen) atoms. The Morgan fingerprint density at radius 2 is 1.92 bits per heavy atom. The first-order chi connectivity index (χ1) is 12.2. The number of carbonyl (C=O) groups excluding carboxylic acids is 1. The van der Waals surface area contributed by atoms with Gasteiger partial charge in [0, 0.05) is 23.1 Å². The van der Waals surface area contributed by atoms with E-state index >= 15 is 0 Å². The molecule has 1 heterocycles. The molecule has 0 N–H and O–H groups in total. The van der Waals surface area contributed by atoms with Crippen molar-refractivity contribution in [1.29, 1.82) is 0 Å². The Morgan fingerprint density at radius 1 is 1.12 bits per heavy atom. The number of rotatable bonds is 3. The zero-order valence-corrected chi connectivity index (χ0v) is 14.8. The van der Waals surface area contributed by atoms with Crippen LogP contribution in [0.5, 0.6) is 0 Å². The zero-order chi connectivity index (χ0) is 17.4. The van der Waals surface area contributed by atoms with Crippen LogP contribution in [-0.2, 0) is 24.1 Å². The van der Waals surface area contributed by atoms with Crippen molar-refractivity contribution in [2.24, 2.45) is 0 Å². The third kappa shape index (κ3) is 2.74. The summed E-state index contributed by atoms with van der Waals surface area (Å²) in [5.41, 5.74) is 7.39. The van der Waals surface area contributed by atoms with E-state index < -0.39 is 0 Å². The first kappa shape index (κ1) is 15.9. The number of hydrogen-bond acceptors (Lipinski definition) is 2. The second kappa shape index (κ2) is 6.40. The van der Waals surface area contributed by atoms with Gasteiger partial charge in [-0.15, -0.1) is 0 Å². The fourth-order valence-electron chi connectivity index (χ4n) is 4.02. The molecule has 0 aliphatic heterocycles. The van der Waals surface area contributed by atoms with E-state index in [1.807, 2.05) is 12.1 Å². The summed E-state index contributed by atoms with van der Waals surface area (Å²) < 4.78 is 7.35. The number of nitrogens with zero attached hydrogens (tertiary/aromatic N) is 1. The molecule has 1 aromatic heterocycles. The molecule has 2 aromatic carbocycles. The summed E-state index contributed by atoms with van der Waals surface area (Å²) in [6, 6.07) is 14.5. The second-order valence-corrected chi connectivity index (χ2v) is 6.87. The molecule has 0 bridgehead atoms. The Balaban J connectivity index is 1.88. The minimum Gasteiger partial charge on any atom is -0.465 e. The maximum Gasteiger partial charge on any atom is 0.337 e. The van der Waals surface area contributed by atoms with Crippen molar-refractivity contribution in [3.8, 4) is 0 Å². The van der Waals surface area contributed by atoms with Crippen molar-refractivity contribution in [3.05, 3.63) is 70.4 Å². The number of fused-ring (bicyclic) bond motifs is 3. The summed E-state index contributed by atoms with van der Waals surface area (Å²) in [4.78, 5) is 11.9. The highest BCUT2D eigenvalue weighted by Gasteiger charge is 2.21. The predicted octanol–water partition coefficient (Wildman–Crippen LogP) is 4.66. The number of aromatic nitrogens is 1. The van der Waals surface area contributed by atoms with E-state index in [9.17, 15) is 4.79 Å². The molecule has 0 amide bonds. The van der Waals surface area contributed by atoms with E-state index in [1.54, 1.807) is 0 Å². The number of ether oxygens (including phenoxy) is 1. The fraction of sp³-hybridized carbons (Fsp3) is 0.318. The highest BCUT2D eigenvalue weighted by atomic mass is 16.5. The number of benzene rings is 2. The molecular formula is C22H23NO2. The molecule has 0 spiro atoms. The number of hydrogen-bond donors (Lipinski definition) is 0. The van der Waals surface area contributed by atoms with Gasteiger partial charge in [0.2, 0.25) is 0 Å². The topological polar surface area (TPSA) is 31.2 Å². The summed E-state index contributed by atoms with van der Waals surface area (Å²) in [7, 11) is 1.44. The molecular weight excluding hydrogens is 310 g/mol. The SMILES string of the molecule is COC(=O)c1ccc2c(c1)c1c(n2Cc2ccccc2C)CCCC1. The molecule has 0 saturated heterocycles. The van der Waals surface area contributed by atoms with Crippen LogP contribution < -0.4 is 0 Å². The summed E-state index contributed by atoms with van der Waals surface area (Å²) in [5.74, 6) is -0.266. The van der Waals surface area contributed by atoms with E-state index in [0.717, 1.165) is 19.4 Å². The van der Waals surface area contributed by atoms with E-state index in [2.05, 4.69) is 41.8 Å². The van der Waals surface area contributed by atoms with E-state index in [4.69, 9.17) is 4.74 Å². The average molecular weight is 333 g/mol. The van der Waals surface area contributed by atoms with Crippen LogP contribution in [0.4, 0.5) is 0 Å². The molecule has 128 valence electrons. The molecule has 1 aliphatic carbocycles. The summed E-state index contributed by atoms with van der Waals surface area (Å²) >= 11 is 0. The Kier molecular flexibility index (Phi) is 4.08. The third-order valence-corrected chi connectivity index (χ3v) is 5.39. The third-order valence-electron chi connectivity index (χ3n) is 5.39. The van der Waals surface area contributed by atoms with Crippen molar-refractivity contribution >= 4 is 16.9 Å². The molecule has 1 aliphatic rings. The maximum atomic E-state index is 11.9. The van der Waals surface area contributed by atoms with Crippen molar-refractivity contribution < 1.29 is 9.53 Å². The van der Waals surface area contributed by atoms with E-state index in [-0.39, 0.29) is 5.97 Å². The lowest BCUT2D eigenvalue weighted by molar-refractivity contribution is 0.0601. The van der Waals surface area contributed by atoms with Gasteiger partial charge in [-0.1, -0.05) is 24.3 Å². The van der Waals surface area contributed by atoms with Gasteiger partial charge in [-0.3, -0.25) is 0 Å². The zero-order valence-electron chi connectivity index (χ0n) is 14.8. The van der Waals surface area contributed by atoms with Crippen LogP contribution in [0.25, 0.3) is 10.9 Å². The number of methoxy groups -OCH3 is 1. The normalized spacial score (nSPS) is 13.7. The van der Waals surface area contributed by atoms with Gasteiger partial charge in [0.1, 0.15) is 0 Å². The first-order valence-corrected chi connectivity index (χ1v) is 8.96. The molecule has 3 nitrogen and oxygen atoms in total. The van der Waals surface area contributed by atoms with Crippen LogP contribution in [0.3, 0.4) is 0 Å². The summed E-state index contributed by atoms with van der Waals surface area (Å²) in [6.45, 7) is 3.05. The van der Waals surface area contributed by atoms with Gasteiger partial charge >= 0.3 is 5.97 Å². The van der Waals surface area contributed by atoms with Crippen LogP contribution in [-0.4, -0.2) is 17.6 Å². The van der Waals surface area contributed by atoms with Crippen molar-refractivity contribution in [2.45, 2.75) is 39.2 Å². The number of carbonyl (C=O) groups is 1. The molecule has 3 heteroatoms. The van der Waals surface area contributed by atoms with Gasteiger partial charge in [-0.05, 0) is 67.5 Å². The molecule has 4 rings (SSSR count). The lowest BCUT2D eigenvalue weighted by atomic mass is 9.95. The monoisotopic (exact) mass is 333 g/mol. The highest BCUT2D eigenvalue weighted by Crippen LogP contribution is 2.33. The summed E-state index contributed by atoms with van der Waals surface area (Å²) in [6.07, 6.45) is 4.67. The molecule has 0 unspecified atom stereocenters. The van der Waals surface area contributed by atoms with Crippen LogP contribution in [0.2, 0.25) is 0 Å². The van der Waals surface area contributed by atoms with Crippen LogP contribution in [0.1, 0.15) is 45.6 Å². The minimum atomic E-state index is -0.266. The number of esters is 1. The van der Waals surface area contributed by atoms with Crippen LogP contribution in [0.15, 0.2) is 42.5 Å². The van der Waals surface area contributed by atoms with Crippen molar-refractivity contribution in [3.63, 3.8) is 0 Å². The van der Waals surface area contributed by atoms with Gasteiger partial charge in [0.15, 0.2) is 0 Å². The largest absolute Gasteiger partial charge is 0.465 e. The van der Waals surface area contributed by atoms with Crippen molar-refractivity contribution in [2.75, 3.05) is 7.11 Å². The van der Waals surface area contributed by atoms with Gasteiger partial charge < -0.3 is 9.30 Å². The second-order valence-electron chi connectivity index (χ2n) is 6.87. The maximum absolute atomic E-state index is 11.9. The van der Waals surface area contributed by atoms with Crippen LogP contribution in [0, 0.1) is 6.92 Å². The van der Waals surface area contributed by atoms with Gasteiger partial charge in [-0.2, -0.15) is 0 Å². The first-order valence-electron chi connectivity index (χ1n) is 8.96. The average Bonchev–Trinajstić information content (AvgIpc) is 2.96. The standard InChI is InChI=1S/C22H23NO2/c1-15-7-3-4-8-17(15)14-23-20-10-6-5-9-18(20)19-13-16(22(24)25-2)11-12-21(19)23/h3-4,7-8,11-13H,5-6,9-10,14H2,1-2H3. The summed E-state index contributed by atoms with van der Waals surface area (Å²) in [5, 5.41) is 1.21. The lowest BCUT2D eigenvalue weighted by Gasteiger charge is -2.17. The Hall–Kier alpha value is -2.55. The molecule has 0 saturated carbocycles. The van der Waals surface area contributed by atoms with Gasteiger partial charge in [0.25, 0.3) is 0 Å². The fourth-order valence-corrected chi connectivity index (χ4v) is 4.02. The molecule has 0 radical (unpaired) electrons.